The molecule has 0 unspecified atom stereocenters. The van der Waals surface area contributed by atoms with Crippen molar-refractivity contribution in [2.75, 3.05) is 25.0 Å². The normalized spacial score (nSPS) is 14.4. The van der Waals surface area contributed by atoms with Gasteiger partial charge in [0.15, 0.2) is 0 Å². The molecular formula is C24H29BrN2O3. The maximum Gasteiger partial charge on any atom is 0.259 e. The van der Waals surface area contributed by atoms with E-state index >= 15 is 0 Å². The van der Waals surface area contributed by atoms with Gasteiger partial charge in [-0.05, 0) is 55.5 Å². The maximum absolute atomic E-state index is 13.1. The topological polar surface area (TPSA) is 58.6 Å². The Morgan fingerprint density at radius 2 is 1.87 bits per heavy atom. The van der Waals surface area contributed by atoms with E-state index in [0.717, 1.165) is 43.2 Å². The van der Waals surface area contributed by atoms with Crippen molar-refractivity contribution in [2.45, 2.75) is 39.5 Å². The molecule has 160 valence electrons. The van der Waals surface area contributed by atoms with Gasteiger partial charge in [-0.2, -0.15) is 0 Å². The summed E-state index contributed by atoms with van der Waals surface area (Å²) in [7, 11) is 0. The summed E-state index contributed by atoms with van der Waals surface area (Å²) in [5.41, 5.74) is 1.48. The van der Waals surface area contributed by atoms with Crippen molar-refractivity contribution in [1.29, 1.82) is 0 Å². The second kappa shape index (κ2) is 10.6. The van der Waals surface area contributed by atoms with Crippen LogP contribution in [0.5, 0.6) is 5.75 Å². The van der Waals surface area contributed by atoms with Crippen LogP contribution in [0.15, 0.2) is 46.9 Å². The lowest BCUT2D eigenvalue weighted by Gasteiger charge is -2.30. The molecule has 30 heavy (non-hydrogen) atoms. The summed E-state index contributed by atoms with van der Waals surface area (Å²) in [6.45, 7) is 6.37. The number of nitrogens with zero attached hydrogens (tertiary/aromatic N) is 1. The van der Waals surface area contributed by atoms with Gasteiger partial charge in [-0.15, -0.1) is 0 Å². The minimum Gasteiger partial charge on any atom is -0.493 e. The number of anilines is 1. The lowest BCUT2D eigenvalue weighted by atomic mass is 9.98. The molecule has 0 spiro atoms. The summed E-state index contributed by atoms with van der Waals surface area (Å²) in [5.74, 6) is 0.853. The van der Waals surface area contributed by atoms with Crippen molar-refractivity contribution < 1.29 is 14.3 Å². The van der Waals surface area contributed by atoms with Gasteiger partial charge >= 0.3 is 0 Å². The number of amides is 2. The Labute approximate surface area is 186 Å². The predicted molar refractivity (Wildman–Crippen MR) is 123 cm³/mol. The van der Waals surface area contributed by atoms with Crippen molar-refractivity contribution in [1.82, 2.24) is 4.90 Å². The molecule has 0 aliphatic carbocycles. The van der Waals surface area contributed by atoms with Crippen molar-refractivity contribution in [3.8, 4) is 5.75 Å². The molecular weight excluding hydrogens is 444 g/mol. The van der Waals surface area contributed by atoms with Gasteiger partial charge in [0.25, 0.3) is 11.8 Å². The van der Waals surface area contributed by atoms with Crippen LogP contribution in [-0.4, -0.2) is 36.4 Å². The number of hydrogen-bond donors (Lipinski definition) is 1. The number of piperidine rings is 1. The molecule has 6 heteroatoms. The number of halogens is 1. The van der Waals surface area contributed by atoms with E-state index in [9.17, 15) is 9.59 Å². The summed E-state index contributed by atoms with van der Waals surface area (Å²) >= 11 is 3.43. The zero-order valence-corrected chi connectivity index (χ0v) is 19.2. The third-order valence-corrected chi connectivity index (χ3v) is 5.91. The number of unbranched alkanes of at least 4 members (excludes halogenated alkanes) is 1. The first-order valence-electron chi connectivity index (χ1n) is 10.6. The molecule has 2 aromatic carbocycles. The molecule has 0 saturated carbocycles. The highest BCUT2D eigenvalue weighted by Gasteiger charge is 2.24. The molecule has 1 heterocycles. The second-order valence-electron chi connectivity index (χ2n) is 7.82. The Bertz CT molecular complexity index is 892. The van der Waals surface area contributed by atoms with Gasteiger partial charge in [-0.3, -0.25) is 9.59 Å². The van der Waals surface area contributed by atoms with Gasteiger partial charge < -0.3 is 15.0 Å². The quantitative estimate of drug-likeness (QED) is 0.521. The first-order chi connectivity index (χ1) is 14.5. The summed E-state index contributed by atoms with van der Waals surface area (Å²) in [6.07, 6.45) is 3.96. The van der Waals surface area contributed by atoms with E-state index in [-0.39, 0.29) is 11.8 Å². The molecule has 5 nitrogen and oxygen atoms in total. The molecule has 0 bridgehead atoms. The highest BCUT2D eigenvalue weighted by Crippen LogP contribution is 2.27. The molecule has 2 aromatic rings. The largest absolute Gasteiger partial charge is 0.493 e. The van der Waals surface area contributed by atoms with Gasteiger partial charge in [0, 0.05) is 17.6 Å². The van der Waals surface area contributed by atoms with Crippen LogP contribution in [0.4, 0.5) is 5.69 Å². The number of carbonyl (C=O) groups is 2. The molecule has 0 atom stereocenters. The fourth-order valence-corrected chi connectivity index (χ4v) is 3.84. The summed E-state index contributed by atoms with van der Waals surface area (Å²) < 4.78 is 6.61. The van der Waals surface area contributed by atoms with Gasteiger partial charge in [-0.25, -0.2) is 0 Å². The van der Waals surface area contributed by atoms with E-state index in [1.807, 2.05) is 23.1 Å². The number of nitrogens with one attached hydrogen (secondary N) is 1. The SMILES string of the molecule is CCCCOc1ccc(Br)cc1C(=O)Nc1ccccc1C(=O)N1CCC(C)CC1. The summed E-state index contributed by atoms with van der Waals surface area (Å²) in [5, 5.41) is 2.93. The van der Waals surface area contributed by atoms with Crippen LogP contribution in [0.25, 0.3) is 0 Å². The van der Waals surface area contributed by atoms with Crippen LogP contribution in [0.1, 0.15) is 60.2 Å². The molecule has 1 fully saturated rings. The summed E-state index contributed by atoms with van der Waals surface area (Å²) in [4.78, 5) is 28.0. The van der Waals surface area contributed by atoms with E-state index in [1.165, 1.54) is 0 Å². The fraction of sp³-hybridized carbons (Fsp3) is 0.417. The van der Waals surface area contributed by atoms with Crippen LogP contribution in [0.2, 0.25) is 0 Å². The van der Waals surface area contributed by atoms with Crippen molar-refractivity contribution >= 4 is 33.4 Å². The van der Waals surface area contributed by atoms with Crippen molar-refractivity contribution in [3.05, 3.63) is 58.1 Å². The fourth-order valence-electron chi connectivity index (χ4n) is 3.48. The van der Waals surface area contributed by atoms with E-state index in [1.54, 1.807) is 24.3 Å². The molecule has 1 aliphatic heterocycles. The number of rotatable bonds is 7. The third kappa shape index (κ3) is 5.63. The minimum atomic E-state index is -0.296. The van der Waals surface area contributed by atoms with Crippen molar-refractivity contribution in [3.63, 3.8) is 0 Å². The molecule has 1 aliphatic rings. The lowest BCUT2D eigenvalue weighted by Crippen LogP contribution is -2.38. The first-order valence-corrected chi connectivity index (χ1v) is 11.4. The third-order valence-electron chi connectivity index (χ3n) is 5.42. The number of likely N-dealkylation sites (tertiary alicyclic amines) is 1. The van der Waals surface area contributed by atoms with Gasteiger partial charge in [-0.1, -0.05) is 48.3 Å². The van der Waals surface area contributed by atoms with Gasteiger partial charge in [0.1, 0.15) is 5.75 Å². The number of para-hydroxylation sites is 1. The Balaban J connectivity index is 1.79. The number of ether oxygens (including phenoxy) is 1. The highest BCUT2D eigenvalue weighted by atomic mass is 79.9. The Hall–Kier alpha value is -2.34. The lowest BCUT2D eigenvalue weighted by molar-refractivity contribution is 0.0698. The smallest absolute Gasteiger partial charge is 0.259 e. The van der Waals surface area contributed by atoms with Crippen LogP contribution in [0, 0.1) is 5.92 Å². The molecule has 1 N–H and O–H groups in total. The van der Waals surface area contributed by atoms with E-state index < -0.39 is 0 Å². The maximum atomic E-state index is 13.1. The number of benzene rings is 2. The van der Waals surface area contributed by atoms with Crippen molar-refractivity contribution in [2.24, 2.45) is 5.92 Å². The zero-order valence-electron chi connectivity index (χ0n) is 17.6. The summed E-state index contributed by atoms with van der Waals surface area (Å²) in [6, 6.07) is 12.6. The van der Waals surface area contributed by atoms with Gasteiger partial charge in [0.2, 0.25) is 0 Å². The predicted octanol–water partition coefficient (Wildman–Crippen LogP) is 5.75. The van der Waals surface area contributed by atoms with E-state index in [4.69, 9.17) is 4.74 Å². The average molecular weight is 473 g/mol. The zero-order chi connectivity index (χ0) is 21.5. The second-order valence-corrected chi connectivity index (χ2v) is 8.73. The Morgan fingerprint density at radius 1 is 1.13 bits per heavy atom. The van der Waals surface area contributed by atoms with E-state index in [2.05, 4.69) is 35.1 Å². The average Bonchev–Trinajstić information content (AvgIpc) is 2.75. The molecule has 0 radical (unpaired) electrons. The first kappa shape index (κ1) is 22.3. The van der Waals surface area contributed by atoms with E-state index in [0.29, 0.717) is 35.1 Å². The Morgan fingerprint density at radius 3 is 2.60 bits per heavy atom. The number of carbonyl (C=O) groups excluding carboxylic acids is 2. The number of hydrogen-bond acceptors (Lipinski definition) is 3. The van der Waals surface area contributed by atoms with Crippen LogP contribution in [0.3, 0.4) is 0 Å². The highest BCUT2D eigenvalue weighted by molar-refractivity contribution is 9.10. The van der Waals surface area contributed by atoms with Crippen LogP contribution < -0.4 is 10.1 Å². The molecule has 1 saturated heterocycles. The van der Waals surface area contributed by atoms with Crippen LogP contribution in [-0.2, 0) is 0 Å². The van der Waals surface area contributed by atoms with Gasteiger partial charge in [0.05, 0.1) is 23.4 Å². The molecule has 0 aromatic heterocycles. The molecule has 2 amide bonds. The van der Waals surface area contributed by atoms with Crippen LogP contribution >= 0.6 is 15.9 Å². The Kier molecular flexibility index (Phi) is 7.91. The monoisotopic (exact) mass is 472 g/mol. The standard InChI is InChI=1S/C24H29BrN2O3/c1-3-4-15-30-22-10-9-18(25)16-20(22)23(28)26-21-8-6-5-7-19(21)24(29)27-13-11-17(2)12-14-27/h5-10,16-17H,3-4,11-15H2,1-2H3,(H,26,28). The minimum absolute atomic E-state index is 0.0357. The molecule has 3 rings (SSSR count).